The summed E-state index contributed by atoms with van der Waals surface area (Å²) in [5.41, 5.74) is 12.2. The number of rotatable bonds is 3. The second-order valence-corrected chi connectivity index (χ2v) is 3.56. The minimum Gasteiger partial charge on any atom is -0.341 e. The Kier molecular flexibility index (Phi) is 3.33. The molecular weight excluding hydrogens is 192 g/mol. The van der Waals surface area contributed by atoms with Gasteiger partial charge < -0.3 is 20.9 Å². The van der Waals surface area contributed by atoms with Crippen molar-refractivity contribution in [2.45, 2.75) is 18.5 Å². The lowest BCUT2D eigenvalue weighted by Crippen LogP contribution is -2.35. The lowest BCUT2D eigenvalue weighted by molar-refractivity contribution is -0.0670. The maximum Gasteiger partial charge on any atom is 0.184 e. The second kappa shape index (κ2) is 4.72. The highest BCUT2D eigenvalue weighted by molar-refractivity contribution is 5.16. The lowest BCUT2D eigenvalue weighted by atomic mass is 10.2. The van der Waals surface area contributed by atoms with Gasteiger partial charge in [0.25, 0.3) is 0 Å². The summed E-state index contributed by atoms with van der Waals surface area (Å²) in [5, 5.41) is 0. The minimum absolute atomic E-state index is 0.0970. The molecule has 1 aliphatic rings. The molecule has 1 saturated heterocycles. The van der Waals surface area contributed by atoms with Crippen molar-refractivity contribution in [3.63, 3.8) is 0 Å². The lowest BCUT2D eigenvalue weighted by Gasteiger charge is -2.10. The minimum atomic E-state index is -0.326. The van der Waals surface area contributed by atoms with Gasteiger partial charge in [-0.25, -0.2) is 0 Å². The largest absolute Gasteiger partial charge is 0.341 e. The zero-order chi connectivity index (χ0) is 10.7. The number of nitrogens with two attached hydrogens (primary N) is 2. The molecule has 0 amide bonds. The number of ether oxygens (including phenoxy) is 2. The summed E-state index contributed by atoms with van der Waals surface area (Å²) in [7, 11) is 0. The molecule has 4 nitrogen and oxygen atoms in total. The Bertz CT molecular complexity index is 293. The summed E-state index contributed by atoms with van der Waals surface area (Å²) in [4.78, 5) is 0. The molecule has 1 aliphatic heterocycles. The first-order chi connectivity index (χ1) is 7.35. The number of benzene rings is 1. The summed E-state index contributed by atoms with van der Waals surface area (Å²) in [6.45, 7) is 0.871. The van der Waals surface area contributed by atoms with Gasteiger partial charge in [0.2, 0.25) is 0 Å². The summed E-state index contributed by atoms with van der Waals surface area (Å²) >= 11 is 0. The van der Waals surface area contributed by atoms with E-state index in [0.717, 1.165) is 5.56 Å². The molecule has 0 aromatic heterocycles. The van der Waals surface area contributed by atoms with Gasteiger partial charge in [0, 0.05) is 18.7 Å². The van der Waals surface area contributed by atoms with Gasteiger partial charge in [0.05, 0.1) is 0 Å². The van der Waals surface area contributed by atoms with Gasteiger partial charge in [-0.1, -0.05) is 30.3 Å². The quantitative estimate of drug-likeness (QED) is 0.753. The Balaban J connectivity index is 2.08. The Labute approximate surface area is 89.2 Å². The predicted octanol–water partition coefficient (Wildman–Crippen LogP) is 0.387. The van der Waals surface area contributed by atoms with Crippen molar-refractivity contribution >= 4 is 0 Å². The van der Waals surface area contributed by atoms with Gasteiger partial charge in [0.1, 0.15) is 12.2 Å². The third-order valence-electron chi connectivity index (χ3n) is 2.55. The average molecular weight is 208 g/mol. The van der Waals surface area contributed by atoms with E-state index in [-0.39, 0.29) is 18.5 Å². The number of hydrogen-bond donors (Lipinski definition) is 2. The van der Waals surface area contributed by atoms with Crippen LogP contribution in [-0.2, 0) is 9.47 Å². The zero-order valence-electron chi connectivity index (χ0n) is 8.50. The molecule has 1 aromatic carbocycles. The molecule has 0 spiro atoms. The third kappa shape index (κ3) is 2.18. The molecule has 2 rings (SSSR count). The molecule has 4 heteroatoms. The smallest absolute Gasteiger partial charge is 0.184 e. The molecule has 0 radical (unpaired) electrons. The fourth-order valence-corrected chi connectivity index (χ4v) is 1.71. The van der Waals surface area contributed by atoms with E-state index in [1.807, 2.05) is 30.3 Å². The van der Waals surface area contributed by atoms with Crippen molar-refractivity contribution in [3.8, 4) is 0 Å². The molecule has 4 N–H and O–H groups in total. The summed E-state index contributed by atoms with van der Waals surface area (Å²) < 4.78 is 11.3. The fourth-order valence-electron chi connectivity index (χ4n) is 1.71. The normalized spacial score (nSPS) is 30.7. The molecule has 82 valence electrons. The van der Waals surface area contributed by atoms with Crippen LogP contribution in [0.2, 0.25) is 0 Å². The molecule has 2 unspecified atom stereocenters. The SMILES string of the molecule is NCC1OC(c2ccccc2)OC1CN. The number of hydrogen-bond acceptors (Lipinski definition) is 4. The first-order valence-corrected chi connectivity index (χ1v) is 5.11. The molecule has 1 fully saturated rings. The third-order valence-corrected chi connectivity index (χ3v) is 2.55. The monoisotopic (exact) mass is 208 g/mol. The van der Waals surface area contributed by atoms with E-state index in [1.165, 1.54) is 0 Å². The van der Waals surface area contributed by atoms with Crippen molar-refractivity contribution in [2.24, 2.45) is 11.5 Å². The standard InChI is InChI=1S/C11H16N2O2/c12-6-9-10(7-13)15-11(14-9)8-4-2-1-3-5-8/h1-5,9-11H,6-7,12-13H2. The fraction of sp³-hybridized carbons (Fsp3) is 0.455. The van der Waals surface area contributed by atoms with Crippen LogP contribution in [0.5, 0.6) is 0 Å². The predicted molar refractivity (Wildman–Crippen MR) is 57.0 cm³/mol. The maximum absolute atomic E-state index is 5.67. The van der Waals surface area contributed by atoms with Gasteiger partial charge in [-0.15, -0.1) is 0 Å². The van der Waals surface area contributed by atoms with Crippen LogP contribution in [0.3, 0.4) is 0 Å². The van der Waals surface area contributed by atoms with Crippen LogP contribution in [-0.4, -0.2) is 25.3 Å². The molecular formula is C11H16N2O2. The zero-order valence-corrected chi connectivity index (χ0v) is 8.50. The second-order valence-electron chi connectivity index (χ2n) is 3.56. The van der Waals surface area contributed by atoms with Gasteiger partial charge in [-0.3, -0.25) is 0 Å². The van der Waals surface area contributed by atoms with E-state index in [2.05, 4.69) is 0 Å². The van der Waals surface area contributed by atoms with Crippen molar-refractivity contribution in [1.82, 2.24) is 0 Å². The molecule has 15 heavy (non-hydrogen) atoms. The topological polar surface area (TPSA) is 70.5 Å². The van der Waals surface area contributed by atoms with Crippen molar-refractivity contribution in [1.29, 1.82) is 0 Å². The van der Waals surface area contributed by atoms with Gasteiger partial charge >= 0.3 is 0 Å². The van der Waals surface area contributed by atoms with Crippen LogP contribution >= 0.6 is 0 Å². The Hall–Kier alpha value is -0.940. The highest BCUT2D eigenvalue weighted by Crippen LogP contribution is 2.30. The van der Waals surface area contributed by atoms with Crippen LogP contribution in [0.1, 0.15) is 11.9 Å². The van der Waals surface area contributed by atoms with Crippen LogP contribution < -0.4 is 11.5 Å². The van der Waals surface area contributed by atoms with Crippen LogP contribution in [0, 0.1) is 0 Å². The van der Waals surface area contributed by atoms with E-state index in [1.54, 1.807) is 0 Å². The van der Waals surface area contributed by atoms with Crippen molar-refractivity contribution in [3.05, 3.63) is 35.9 Å². The van der Waals surface area contributed by atoms with Crippen molar-refractivity contribution in [2.75, 3.05) is 13.1 Å². The first-order valence-electron chi connectivity index (χ1n) is 5.11. The van der Waals surface area contributed by atoms with Gasteiger partial charge in [0.15, 0.2) is 6.29 Å². The average Bonchev–Trinajstić information content (AvgIpc) is 2.73. The Morgan fingerprint density at radius 1 is 0.933 bits per heavy atom. The molecule has 0 saturated carbocycles. The Morgan fingerprint density at radius 3 is 1.93 bits per heavy atom. The molecule has 1 heterocycles. The van der Waals surface area contributed by atoms with Gasteiger partial charge in [-0.2, -0.15) is 0 Å². The molecule has 0 aliphatic carbocycles. The summed E-state index contributed by atoms with van der Waals surface area (Å²) in [5.74, 6) is 0. The van der Waals surface area contributed by atoms with Crippen LogP contribution in [0.4, 0.5) is 0 Å². The summed E-state index contributed by atoms with van der Waals surface area (Å²) in [6, 6.07) is 9.80. The van der Waals surface area contributed by atoms with E-state index in [9.17, 15) is 0 Å². The van der Waals surface area contributed by atoms with E-state index < -0.39 is 0 Å². The van der Waals surface area contributed by atoms with Crippen molar-refractivity contribution < 1.29 is 9.47 Å². The molecule has 2 atom stereocenters. The summed E-state index contributed by atoms with van der Waals surface area (Å²) in [6.07, 6.45) is -0.520. The van der Waals surface area contributed by atoms with E-state index in [0.29, 0.717) is 13.1 Å². The Morgan fingerprint density at radius 2 is 1.47 bits per heavy atom. The van der Waals surface area contributed by atoms with Gasteiger partial charge in [-0.05, 0) is 0 Å². The highest BCUT2D eigenvalue weighted by Gasteiger charge is 2.34. The highest BCUT2D eigenvalue weighted by atomic mass is 16.7. The van der Waals surface area contributed by atoms with Crippen LogP contribution in [0.25, 0.3) is 0 Å². The van der Waals surface area contributed by atoms with E-state index in [4.69, 9.17) is 20.9 Å². The molecule has 1 aromatic rings. The molecule has 0 bridgehead atoms. The first kappa shape index (κ1) is 10.6. The van der Waals surface area contributed by atoms with Crippen LogP contribution in [0.15, 0.2) is 30.3 Å². The van der Waals surface area contributed by atoms with E-state index >= 15 is 0 Å². The maximum atomic E-state index is 5.67.